The molecule has 1 fully saturated rings. The van der Waals surface area contributed by atoms with E-state index in [0.717, 1.165) is 29.3 Å². The number of aromatic nitrogens is 4. The number of anilines is 1. The average molecular weight is 519 g/mol. The molecule has 0 N–H and O–H groups in total. The number of ether oxygens (including phenoxy) is 1. The van der Waals surface area contributed by atoms with Crippen LogP contribution >= 0.6 is 0 Å². The summed E-state index contributed by atoms with van der Waals surface area (Å²) in [5, 5.41) is 0.765. The van der Waals surface area contributed by atoms with Gasteiger partial charge in [0.15, 0.2) is 5.65 Å². The van der Waals surface area contributed by atoms with Crippen LogP contribution in [0.15, 0.2) is 30.9 Å². The number of hydrogen-bond acceptors (Lipinski definition) is 6. The zero-order valence-electron chi connectivity index (χ0n) is 22.2. The normalized spacial score (nSPS) is 19.1. The van der Waals surface area contributed by atoms with Gasteiger partial charge in [-0.1, -0.05) is 13.8 Å². The van der Waals surface area contributed by atoms with Gasteiger partial charge in [0.2, 0.25) is 0 Å². The molecule has 0 saturated carbocycles. The summed E-state index contributed by atoms with van der Waals surface area (Å²) in [4.78, 5) is 29.9. The van der Waals surface area contributed by atoms with E-state index >= 15 is 0 Å². The third kappa shape index (κ3) is 5.35. The summed E-state index contributed by atoms with van der Waals surface area (Å²) in [6.07, 6.45) is -0.476. The minimum Gasteiger partial charge on any atom is -0.444 e. The van der Waals surface area contributed by atoms with Gasteiger partial charge in [-0.2, -0.15) is 13.2 Å². The Bertz CT molecular complexity index is 1300. The van der Waals surface area contributed by atoms with Gasteiger partial charge in [0.25, 0.3) is 0 Å². The van der Waals surface area contributed by atoms with Crippen molar-refractivity contribution in [2.45, 2.75) is 78.2 Å². The fourth-order valence-electron chi connectivity index (χ4n) is 4.63. The second-order valence-corrected chi connectivity index (χ2v) is 10.9. The molecule has 1 aliphatic rings. The largest absolute Gasteiger partial charge is 0.444 e. The Morgan fingerprint density at radius 2 is 1.78 bits per heavy atom. The Labute approximate surface area is 214 Å². The highest BCUT2D eigenvalue weighted by Crippen LogP contribution is 2.37. The second kappa shape index (κ2) is 9.50. The maximum Gasteiger partial charge on any atom is 0.416 e. The maximum atomic E-state index is 13.4. The molecule has 1 aliphatic heterocycles. The van der Waals surface area contributed by atoms with Gasteiger partial charge < -0.3 is 14.5 Å². The van der Waals surface area contributed by atoms with Crippen molar-refractivity contribution >= 4 is 22.9 Å². The van der Waals surface area contributed by atoms with Crippen LogP contribution in [0.25, 0.3) is 16.9 Å². The van der Waals surface area contributed by atoms with Gasteiger partial charge >= 0.3 is 12.3 Å². The Kier molecular flexibility index (Phi) is 6.85. The molecule has 3 aromatic heterocycles. The van der Waals surface area contributed by atoms with Crippen LogP contribution in [0.5, 0.6) is 0 Å². The molecular weight excluding hydrogens is 485 g/mol. The van der Waals surface area contributed by atoms with Gasteiger partial charge in [0.1, 0.15) is 23.6 Å². The first kappa shape index (κ1) is 26.7. The van der Waals surface area contributed by atoms with E-state index in [1.165, 1.54) is 6.33 Å². The summed E-state index contributed by atoms with van der Waals surface area (Å²) in [7, 11) is 0. The molecule has 11 heteroatoms. The Hall–Kier alpha value is -3.37. The Balaban J connectivity index is 1.77. The monoisotopic (exact) mass is 518 g/mol. The van der Waals surface area contributed by atoms with Crippen molar-refractivity contribution in [1.82, 2.24) is 24.4 Å². The number of nitrogens with zero attached hydrogens (tertiary/aromatic N) is 6. The summed E-state index contributed by atoms with van der Waals surface area (Å²) >= 11 is 0. The van der Waals surface area contributed by atoms with Crippen molar-refractivity contribution in [2.24, 2.45) is 0 Å². The van der Waals surface area contributed by atoms with E-state index in [-0.39, 0.29) is 29.9 Å². The number of amides is 1. The fourth-order valence-corrected chi connectivity index (χ4v) is 4.63. The fraction of sp³-hybridized carbons (Fsp3) is 0.538. The van der Waals surface area contributed by atoms with Crippen molar-refractivity contribution in [2.75, 3.05) is 18.0 Å². The molecule has 0 radical (unpaired) electrons. The predicted octanol–water partition coefficient (Wildman–Crippen LogP) is 5.79. The molecule has 200 valence electrons. The number of carbonyl (C=O) groups is 1. The first-order chi connectivity index (χ1) is 17.2. The highest BCUT2D eigenvalue weighted by atomic mass is 19.4. The molecule has 0 bridgehead atoms. The number of rotatable bonds is 3. The number of hydrogen-bond donors (Lipinski definition) is 0. The van der Waals surface area contributed by atoms with Gasteiger partial charge in [0.05, 0.1) is 10.9 Å². The van der Waals surface area contributed by atoms with Crippen molar-refractivity contribution in [3.05, 3.63) is 42.0 Å². The highest BCUT2D eigenvalue weighted by molar-refractivity contribution is 5.93. The van der Waals surface area contributed by atoms with E-state index in [0.29, 0.717) is 24.6 Å². The number of fused-ring (bicyclic) bond motifs is 1. The van der Waals surface area contributed by atoms with Gasteiger partial charge in [-0.05, 0) is 58.2 Å². The maximum absolute atomic E-state index is 13.4. The molecule has 37 heavy (non-hydrogen) atoms. The Morgan fingerprint density at radius 1 is 1.08 bits per heavy atom. The zero-order chi connectivity index (χ0) is 27.3. The number of carbonyl (C=O) groups excluding carboxylic acids is 1. The topological polar surface area (TPSA) is 76.4 Å². The minimum absolute atomic E-state index is 0.0510. The molecule has 0 unspecified atom stereocenters. The molecule has 1 saturated heterocycles. The third-order valence-electron chi connectivity index (χ3n) is 6.42. The molecule has 8 nitrogen and oxygen atoms in total. The number of halogens is 3. The summed E-state index contributed by atoms with van der Waals surface area (Å²) in [5.41, 5.74) is 0.0114. The van der Waals surface area contributed by atoms with E-state index in [2.05, 4.69) is 19.9 Å². The lowest BCUT2D eigenvalue weighted by atomic mass is 10.0. The second-order valence-electron chi connectivity index (χ2n) is 10.9. The molecule has 4 heterocycles. The van der Waals surface area contributed by atoms with E-state index in [1.807, 2.05) is 48.5 Å². The SMILES string of the molecule is CC(C)c1cn(-c2cc(C(F)(F)F)ccn2)c2ncnc(N3C[C@@H](C)N(C(=O)OC(C)(C)C)C[C@@H]3C)c12. The van der Waals surface area contributed by atoms with Gasteiger partial charge in [-0.15, -0.1) is 0 Å². The molecule has 0 spiro atoms. The van der Waals surface area contributed by atoms with Gasteiger partial charge in [0, 0.05) is 37.6 Å². The molecule has 2 atom stereocenters. The summed E-state index contributed by atoms with van der Waals surface area (Å²) in [6, 6.07) is 1.74. The van der Waals surface area contributed by atoms with Crippen molar-refractivity contribution in [1.29, 1.82) is 0 Å². The van der Waals surface area contributed by atoms with Crippen molar-refractivity contribution in [3.8, 4) is 5.82 Å². The van der Waals surface area contributed by atoms with Crippen LogP contribution in [0.2, 0.25) is 0 Å². The van der Waals surface area contributed by atoms with Crippen molar-refractivity contribution < 1.29 is 22.7 Å². The van der Waals surface area contributed by atoms with Gasteiger partial charge in [-0.25, -0.2) is 19.7 Å². The van der Waals surface area contributed by atoms with E-state index in [4.69, 9.17) is 4.74 Å². The van der Waals surface area contributed by atoms with Crippen LogP contribution in [-0.2, 0) is 10.9 Å². The van der Waals surface area contributed by atoms with Crippen LogP contribution in [0, 0.1) is 0 Å². The molecular formula is C26H33F3N6O2. The van der Waals surface area contributed by atoms with Crippen LogP contribution in [0.1, 0.15) is 65.5 Å². The van der Waals surface area contributed by atoms with E-state index in [9.17, 15) is 18.0 Å². The molecule has 0 aliphatic carbocycles. The third-order valence-corrected chi connectivity index (χ3v) is 6.42. The van der Waals surface area contributed by atoms with Crippen LogP contribution in [-0.4, -0.2) is 61.3 Å². The molecule has 0 aromatic carbocycles. The quantitative estimate of drug-likeness (QED) is 0.437. The number of piperazine rings is 1. The lowest BCUT2D eigenvalue weighted by molar-refractivity contribution is -0.137. The summed E-state index contributed by atoms with van der Waals surface area (Å²) in [5.74, 6) is 0.866. The highest BCUT2D eigenvalue weighted by Gasteiger charge is 2.36. The smallest absolute Gasteiger partial charge is 0.416 e. The van der Waals surface area contributed by atoms with Gasteiger partial charge in [-0.3, -0.25) is 4.57 Å². The first-order valence-corrected chi connectivity index (χ1v) is 12.3. The first-order valence-electron chi connectivity index (χ1n) is 12.3. The van der Waals surface area contributed by atoms with Crippen LogP contribution < -0.4 is 4.90 Å². The van der Waals surface area contributed by atoms with Crippen LogP contribution in [0.4, 0.5) is 23.8 Å². The van der Waals surface area contributed by atoms with Crippen molar-refractivity contribution in [3.63, 3.8) is 0 Å². The van der Waals surface area contributed by atoms with Crippen LogP contribution in [0.3, 0.4) is 0 Å². The Morgan fingerprint density at radius 3 is 2.41 bits per heavy atom. The van der Waals surface area contributed by atoms with E-state index in [1.54, 1.807) is 15.7 Å². The zero-order valence-corrected chi connectivity index (χ0v) is 22.2. The minimum atomic E-state index is -4.49. The summed E-state index contributed by atoms with van der Waals surface area (Å²) in [6.45, 7) is 14.5. The average Bonchev–Trinajstić information content (AvgIpc) is 3.19. The predicted molar refractivity (Wildman–Crippen MR) is 135 cm³/mol. The molecule has 1 amide bonds. The van der Waals surface area contributed by atoms with E-state index < -0.39 is 17.3 Å². The summed E-state index contributed by atoms with van der Waals surface area (Å²) < 4.78 is 47.4. The molecule has 3 aromatic rings. The number of alkyl halides is 3. The number of pyridine rings is 1. The standard InChI is InChI=1S/C26H33F3N6O2/c1-15(2)19-13-35(20-10-18(8-9-30-20)26(27,28)29)23-21(19)22(31-14-32-23)33-11-17(4)34(12-16(33)3)24(36)37-25(5,6)7/h8-10,13-17H,11-12H2,1-7H3/t16-,17+/m0/s1. The lowest BCUT2D eigenvalue weighted by Crippen LogP contribution is -2.59. The lowest BCUT2D eigenvalue weighted by Gasteiger charge is -2.44. The molecule has 4 rings (SSSR count).